The van der Waals surface area contributed by atoms with Crippen molar-refractivity contribution < 1.29 is 8.91 Å². The van der Waals surface area contributed by atoms with Crippen LogP contribution in [0, 0.1) is 5.82 Å². The van der Waals surface area contributed by atoms with Crippen molar-refractivity contribution in [1.82, 2.24) is 5.16 Å². The maximum absolute atomic E-state index is 13.4. The fraction of sp³-hybridized carbons (Fsp3) is 0. The van der Waals surface area contributed by atoms with Crippen molar-refractivity contribution in [2.75, 3.05) is 5.73 Å². The number of anilines is 1. The Morgan fingerprint density at radius 3 is 2.79 bits per heavy atom. The molecule has 2 rings (SSSR count). The molecule has 0 atom stereocenters. The largest absolute Gasteiger partial charge is 0.367 e. The van der Waals surface area contributed by atoms with Crippen LogP contribution >= 0.6 is 11.6 Å². The van der Waals surface area contributed by atoms with Crippen molar-refractivity contribution in [2.45, 2.75) is 0 Å². The monoisotopic (exact) mass is 212 g/mol. The first kappa shape index (κ1) is 9.02. The molecule has 0 aliphatic carbocycles. The van der Waals surface area contributed by atoms with E-state index < -0.39 is 5.82 Å². The van der Waals surface area contributed by atoms with E-state index in [2.05, 4.69) is 9.68 Å². The molecule has 0 saturated carbocycles. The molecule has 1 aromatic heterocycles. The van der Waals surface area contributed by atoms with Crippen LogP contribution in [0.1, 0.15) is 0 Å². The Hall–Kier alpha value is -1.55. The zero-order valence-corrected chi connectivity index (χ0v) is 7.75. The molecule has 5 heteroatoms. The number of hydrogen-bond acceptors (Lipinski definition) is 3. The van der Waals surface area contributed by atoms with Gasteiger partial charge in [-0.3, -0.25) is 0 Å². The van der Waals surface area contributed by atoms with Gasteiger partial charge < -0.3 is 10.3 Å². The molecule has 2 aromatic rings. The number of hydrogen-bond donors (Lipinski definition) is 1. The summed E-state index contributed by atoms with van der Waals surface area (Å²) in [7, 11) is 0. The number of aromatic nitrogens is 1. The number of benzene rings is 1. The molecule has 0 saturated heterocycles. The average Bonchev–Trinajstić information content (AvgIpc) is 2.52. The third-order valence-corrected chi connectivity index (χ3v) is 2.15. The van der Waals surface area contributed by atoms with Gasteiger partial charge in [0.1, 0.15) is 5.82 Å². The zero-order valence-electron chi connectivity index (χ0n) is 7.00. The highest BCUT2D eigenvalue weighted by Crippen LogP contribution is 2.33. The summed E-state index contributed by atoms with van der Waals surface area (Å²) in [5, 5.41) is 3.73. The standard InChI is InChI=1S/C9H6ClFN2O/c10-6-2-1-3-7(11)8(6)5-4-13-14-9(5)12/h1-4H,12H2. The van der Waals surface area contributed by atoms with Gasteiger partial charge in [-0.15, -0.1) is 0 Å². The fourth-order valence-electron chi connectivity index (χ4n) is 1.19. The first-order chi connectivity index (χ1) is 6.70. The molecule has 1 aromatic carbocycles. The van der Waals surface area contributed by atoms with Gasteiger partial charge in [-0.25, -0.2) is 4.39 Å². The van der Waals surface area contributed by atoms with Crippen LogP contribution in [0.4, 0.5) is 10.3 Å². The van der Waals surface area contributed by atoms with Gasteiger partial charge in [-0.2, -0.15) is 0 Å². The molecular weight excluding hydrogens is 207 g/mol. The van der Waals surface area contributed by atoms with E-state index in [1.54, 1.807) is 6.07 Å². The minimum Gasteiger partial charge on any atom is -0.367 e. The minimum atomic E-state index is -0.451. The summed E-state index contributed by atoms with van der Waals surface area (Å²) >= 11 is 5.83. The highest BCUT2D eigenvalue weighted by molar-refractivity contribution is 6.33. The maximum atomic E-state index is 13.4. The van der Waals surface area contributed by atoms with Crippen LogP contribution < -0.4 is 5.73 Å². The van der Waals surface area contributed by atoms with Crippen molar-refractivity contribution >= 4 is 17.5 Å². The van der Waals surface area contributed by atoms with Gasteiger partial charge in [0.2, 0.25) is 5.88 Å². The van der Waals surface area contributed by atoms with Crippen LogP contribution in [0.15, 0.2) is 28.9 Å². The van der Waals surface area contributed by atoms with Crippen molar-refractivity contribution in [3.8, 4) is 11.1 Å². The van der Waals surface area contributed by atoms with E-state index in [1.807, 2.05) is 0 Å². The summed E-state index contributed by atoms with van der Waals surface area (Å²) in [5.41, 5.74) is 6.04. The molecule has 0 spiro atoms. The molecule has 0 aliphatic rings. The zero-order chi connectivity index (χ0) is 10.1. The van der Waals surface area contributed by atoms with E-state index in [4.69, 9.17) is 17.3 Å². The first-order valence-corrected chi connectivity index (χ1v) is 4.22. The lowest BCUT2D eigenvalue weighted by atomic mass is 10.1. The summed E-state index contributed by atoms with van der Waals surface area (Å²) < 4.78 is 18.0. The summed E-state index contributed by atoms with van der Waals surface area (Å²) in [6, 6.07) is 4.39. The Balaban J connectivity index is 2.68. The Kier molecular flexibility index (Phi) is 2.13. The van der Waals surface area contributed by atoms with E-state index >= 15 is 0 Å². The van der Waals surface area contributed by atoms with Crippen LogP contribution in [0.3, 0.4) is 0 Å². The maximum Gasteiger partial charge on any atom is 0.230 e. The second-order valence-electron chi connectivity index (χ2n) is 2.70. The van der Waals surface area contributed by atoms with Gasteiger partial charge in [0.15, 0.2) is 0 Å². The van der Waals surface area contributed by atoms with Crippen molar-refractivity contribution in [3.63, 3.8) is 0 Å². The molecule has 1 heterocycles. The second-order valence-corrected chi connectivity index (χ2v) is 3.11. The minimum absolute atomic E-state index is 0.0528. The lowest BCUT2D eigenvalue weighted by Crippen LogP contribution is -1.89. The van der Waals surface area contributed by atoms with Gasteiger partial charge in [0.05, 0.1) is 16.8 Å². The van der Waals surface area contributed by atoms with E-state index in [-0.39, 0.29) is 16.5 Å². The Morgan fingerprint density at radius 1 is 1.43 bits per heavy atom. The van der Waals surface area contributed by atoms with Crippen LogP contribution in [0.25, 0.3) is 11.1 Å². The molecule has 14 heavy (non-hydrogen) atoms. The molecule has 3 nitrogen and oxygen atoms in total. The Morgan fingerprint density at radius 2 is 2.21 bits per heavy atom. The second kappa shape index (κ2) is 3.31. The summed E-state index contributed by atoms with van der Waals surface area (Å²) in [6.07, 6.45) is 1.33. The topological polar surface area (TPSA) is 52.0 Å². The summed E-state index contributed by atoms with van der Waals surface area (Å²) in [5.74, 6) is -0.399. The first-order valence-electron chi connectivity index (χ1n) is 3.84. The quantitative estimate of drug-likeness (QED) is 0.791. The van der Waals surface area contributed by atoms with E-state index in [1.165, 1.54) is 18.3 Å². The molecule has 0 radical (unpaired) electrons. The van der Waals surface area contributed by atoms with E-state index in [0.717, 1.165) is 0 Å². The van der Waals surface area contributed by atoms with Gasteiger partial charge in [0.25, 0.3) is 0 Å². The predicted octanol–water partition coefficient (Wildman–Crippen LogP) is 2.72. The SMILES string of the molecule is Nc1oncc1-c1c(F)cccc1Cl. The Labute approximate surface area is 84.3 Å². The molecule has 2 N–H and O–H groups in total. The lowest BCUT2D eigenvalue weighted by molar-refractivity contribution is 0.436. The third-order valence-electron chi connectivity index (χ3n) is 1.83. The molecule has 0 fully saturated rings. The van der Waals surface area contributed by atoms with E-state index in [9.17, 15) is 4.39 Å². The summed E-state index contributed by atoms with van der Waals surface area (Å²) in [6.45, 7) is 0. The van der Waals surface area contributed by atoms with Crippen LogP contribution in [-0.4, -0.2) is 5.16 Å². The number of nitrogen functional groups attached to an aromatic ring is 1. The van der Waals surface area contributed by atoms with Crippen molar-refractivity contribution in [3.05, 3.63) is 35.2 Å². The highest BCUT2D eigenvalue weighted by Gasteiger charge is 2.14. The third kappa shape index (κ3) is 1.33. The molecule has 0 amide bonds. The van der Waals surface area contributed by atoms with Crippen molar-refractivity contribution in [1.29, 1.82) is 0 Å². The molecule has 0 unspecified atom stereocenters. The molecule has 0 aliphatic heterocycles. The number of nitrogens with two attached hydrogens (primary N) is 1. The van der Waals surface area contributed by atoms with Crippen LogP contribution in [-0.2, 0) is 0 Å². The Bertz CT molecular complexity index is 449. The lowest BCUT2D eigenvalue weighted by Gasteiger charge is -2.02. The van der Waals surface area contributed by atoms with Gasteiger partial charge in [0, 0.05) is 5.56 Å². The predicted molar refractivity (Wildman–Crippen MR) is 51.3 cm³/mol. The van der Waals surface area contributed by atoms with Crippen molar-refractivity contribution in [2.24, 2.45) is 0 Å². The number of nitrogens with zero attached hydrogens (tertiary/aromatic N) is 1. The van der Waals surface area contributed by atoms with Gasteiger partial charge in [-0.05, 0) is 12.1 Å². The summed E-state index contributed by atoms with van der Waals surface area (Å²) in [4.78, 5) is 0. The molecular formula is C9H6ClFN2O. The molecule has 72 valence electrons. The normalized spacial score (nSPS) is 10.4. The van der Waals surface area contributed by atoms with Gasteiger partial charge in [-0.1, -0.05) is 22.8 Å². The smallest absolute Gasteiger partial charge is 0.230 e. The van der Waals surface area contributed by atoms with Crippen LogP contribution in [0.5, 0.6) is 0 Å². The van der Waals surface area contributed by atoms with Crippen LogP contribution in [0.2, 0.25) is 5.02 Å². The molecule has 0 bridgehead atoms. The number of halogens is 2. The average molecular weight is 213 g/mol. The number of rotatable bonds is 1. The van der Waals surface area contributed by atoms with E-state index in [0.29, 0.717) is 5.56 Å². The fourth-order valence-corrected chi connectivity index (χ4v) is 1.46. The highest BCUT2D eigenvalue weighted by atomic mass is 35.5. The van der Waals surface area contributed by atoms with Gasteiger partial charge >= 0.3 is 0 Å².